The van der Waals surface area contributed by atoms with Crippen LogP contribution in [0.1, 0.15) is 32.8 Å². The molecule has 20 heavy (non-hydrogen) atoms. The van der Waals surface area contributed by atoms with Gasteiger partial charge in [-0.3, -0.25) is 4.79 Å². The van der Waals surface area contributed by atoms with Crippen molar-refractivity contribution in [1.82, 2.24) is 5.32 Å². The summed E-state index contributed by atoms with van der Waals surface area (Å²) in [7, 11) is 0. The van der Waals surface area contributed by atoms with Crippen LogP contribution in [0.15, 0.2) is 30.3 Å². The molecule has 0 heterocycles. The molecular weight excluding hydrogens is 258 g/mol. The zero-order valence-electron chi connectivity index (χ0n) is 12.1. The molecule has 0 fully saturated rings. The zero-order valence-corrected chi connectivity index (χ0v) is 12.1. The first kappa shape index (κ1) is 16.0. The highest BCUT2D eigenvalue weighted by Crippen LogP contribution is 2.22. The first-order chi connectivity index (χ1) is 9.29. The van der Waals surface area contributed by atoms with E-state index >= 15 is 0 Å². The van der Waals surface area contributed by atoms with Crippen LogP contribution < -0.4 is 5.32 Å². The molecule has 0 bridgehead atoms. The molecule has 5 nitrogen and oxygen atoms in total. The molecule has 2 N–H and O–H groups in total. The number of carbonyl (C=O) groups excluding carboxylic acids is 1. The first-order valence-corrected chi connectivity index (χ1v) is 6.48. The highest BCUT2D eigenvalue weighted by Gasteiger charge is 2.28. The minimum Gasteiger partial charge on any atom is -0.481 e. The van der Waals surface area contributed by atoms with Gasteiger partial charge < -0.3 is 15.2 Å². The van der Waals surface area contributed by atoms with Crippen molar-refractivity contribution in [2.45, 2.75) is 39.8 Å². The van der Waals surface area contributed by atoms with Crippen molar-refractivity contribution in [2.24, 2.45) is 5.41 Å². The van der Waals surface area contributed by atoms with E-state index in [9.17, 15) is 9.59 Å². The summed E-state index contributed by atoms with van der Waals surface area (Å²) in [5, 5.41) is 11.5. The van der Waals surface area contributed by atoms with Crippen molar-refractivity contribution < 1.29 is 19.4 Å². The van der Waals surface area contributed by atoms with E-state index in [-0.39, 0.29) is 18.4 Å². The standard InChI is InChI=1S/C15H21NO4/c1-15(2,3)12(9-13(17)18)16-14(19)20-10-11-7-5-4-6-8-11/h4-8,12H,9-10H2,1-3H3,(H,16,19)(H,17,18)/t12-/m0/s1. The predicted octanol–water partition coefficient (Wildman–Crippen LogP) is 2.80. The minimum atomic E-state index is -0.951. The fraction of sp³-hybridized carbons (Fsp3) is 0.467. The molecule has 1 aromatic carbocycles. The lowest BCUT2D eigenvalue weighted by molar-refractivity contribution is -0.138. The number of rotatable bonds is 5. The van der Waals surface area contributed by atoms with E-state index in [2.05, 4.69) is 5.32 Å². The lowest BCUT2D eigenvalue weighted by Crippen LogP contribution is -2.45. The topological polar surface area (TPSA) is 75.6 Å². The Labute approximate surface area is 118 Å². The number of hydrogen-bond acceptors (Lipinski definition) is 3. The van der Waals surface area contributed by atoms with Crippen molar-refractivity contribution in [3.8, 4) is 0 Å². The van der Waals surface area contributed by atoms with Gasteiger partial charge in [0.2, 0.25) is 0 Å². The van der Waals surface area contributed by atoms with Gasteiger partial charge >= 0.3 is 12.1 Å². The van der Waals surface area contributed by atoms with Crippen molar-refractivity contribution in [3.05, 3.63) is 35.9 Å². The number of nitrogens with one attached hydrogen (secondary N) is 1. The smallest absolute Gasteiger partial charge is 0.407 e. The Morgan fingerprint density at radius 2 is 1.85 bits per heavy atom. The summed E-state index contributed by atoms with van der Waals surface area (Å²) < 4.78 is 5.09. The lowest BCUT2D eigenvalue weighted by atomic mass is 9.85. The van der Waals surface area contributed by atoms with Gasteiger partial charge in [0.15, 0.2) is 0 Å². The van der Waals surface area contributed by atoms with Crippen LogP contribution in [0, 0.1) is 5.41 Å². The predicted molar refractivity (Wildman–Crippen MR) is 75.3 cm³/mol. The van der Waals surface area contributed by atoms with Crippen LogP contribution >= 0.6 is 0 Å². The van der Waals surface area contributed by atoms with Crippen LogP contribution in [-0.4, -0.2) is 23.2 Å². The number of aliphatic carboxylic acids is 1. The van der Waals surface area contributed by atoms with Crippen molar-refractivity contribution >= 4 is 12.1 Å². The second kappa shape index (κ2) is 6.93. The number of hydrogen-bond donors (Lipinski definition) is 2. The Balaban J connectivity index is 2.52. The Morgan fingerprint density at radius 1 is 1.25 bits per heavy atom. The van der Waals surface area contributed by atoms with E-state index in [1.807, 2.05) is 51.1 Å². The third kappa shape index (κ3) is 5.73. The number of alkyl carbamates (subject to hydrolysis) is 1. The fourth-order valence-electron chi connectivity index (χ4n) is 1.66. The minimum absolute atomic E-state index is 0.135. The normalized spacial score (nSPS) is 12.6. The highest BCUT2D eigenvalue weighted by atomic mass is 16.5. The SMILES string of the molecule is CC(C)(C)[C@H](CC(=O)O)NC(=O)OCc1ccccc1. The van der Waals surface area contributed by atoms with Gasteiger partial charge in [-0.25, -0.2) is 4.79 Å². The van der Waals surface area contributed by atoms with Crippen molar-refractivity contribution in [1.29, 1.82) is 0 Å². The van der Waals surface area contributed by atoms with Crippen molar-refractivity contribution in [2.75, 3.05) is 0 Å². The molecule has 1 amide bonds. The van der Waals surface area contributed by atoms with Gasteiger partial charge in [0.05, 0.1) is 6.42 Å². The summed E-state index contributed by atoms with van der Waals surface area (Å²) in [6.07, 6.45) is -0.737. The molecule has 0 aliphatic heterocycles. The van der Waals surface area contributed by atoms with Crippen LogP contribution in [0.2, 0.25) is 0 Å². The molecule has 0 aromatic heterocycles. The van der Waals surface area contributed by atoms with Crippen LogP contribution in [0.25, 0.3) is 0 Å². The van der Waals surface area contributed by atoms with Crippen LogP contribution in [0.4, 0.5) is 4.79 Å². The second-order valence-corrected chi connectivity index (χ2v) is 5.72. The zero-order chi connectivity index (χ0) is 15.2. The maximum absolute atomic E-state index is 11.7. The summed E-state index contributed by atoms with van der Waals surface area (Å²) >= 11 is 0. The Hall–Kier alpha value is -2.04. The van der Waals surface area contributed by atoms with Gasteiger partial charge in [0, 0.05) is 6.04 Å². The van der Waals surface area contributed by atoms with Crippen LogP contribution in [-0.2, 0) is 16.1 Å². The lowest BCUT2D eigenvalue weighted by Gasteiger charge is -2.29. The van der Waals surface area contributed by atoms with Crippen molar-refractivity contribution in [3.63, 3.8) is 0 Å². The molecule has 110 valence electrons. The van der Waals surface area contributed by atoms with Gasteiger partial charge in [0.25, 0.3) is 0 Å². The van der Waals surface area contributed by atoms with Gasteiger partial charge in [-0.1, -0.05) is 51.1 Å². The highest BCUT2D eigenvalue weighted by molar-refractivity contribution is 5.71. The molecule has 0 aliphatic rings. The number of benzene rings is 1. The average Bonchev–Trinajstić information content (AvgIpc) is 2.35. The maximum Gasteiger partial charge on any atom is 0.407 e. The molecular formula is C15H21NO4. The van der Waals surface area contributed by atoms with E-state index in [1.165, 1.54) is 0 Å². The fourth-order valence-corrected chi connectivity index (χ4v) is 1.66. The third-order valence-corrected chi connectivity index (χ3v) is 2.93. The Bertz CT molecular complexity index is 451. The van der Waals surface area contributed by atoms with Gasteiger partial charge in [0.1, 0.15) is 6.61 Å². The summed E-state index contributed by atoms with van der Waals surface area (Å²) in [6.45, 7) is 5.78. The van der Waals surface area contributed by atoms with E-state index in [0.717, 1.165) is 5.56 Å². The van der Waals surface area contributed by atoms with Gasteiger partial charge in [-0.2, -0.15) is 0 Å². The van der Waals surface area contributed by atoms with E-state index < -0.39 is 18.1 Å². The van der Waals surface area contributed by atoms with Crippen LogP contribution in [0.3, 0.4) is 0 Å². The summed E-state index contributed by atoms with van der Waals surface area (Å²) in [4.78, 5) is 22.6. The number of carboxylic acids is 1. The molecule has 0 radical (unpaired) electrons. The second-order valence-electron chi connectivity index (χ2n) is 5.72. The molecule has 0 saturated carbocycles. The molecule has 1 rings (SSSR count). The molecule has 1 atom stereocenters. The molecule has 0 saturated heterocycles. The maximum atomic E-state index is 11.7. The Morgan fingerprint density at radius 3 is 2.35 bits per heavy atom. The van der Waals surface area contributed by atoms with E-state index in [0.29, 0.717) is 0 Å². The molecule has 0 spiro atoms. The van der Waals surface area contributed by atoms with E-state index in [4.69, 9.17) is 9.84 Å². The molecule has 1 aromatic rings. The molecule has 0 aliphatic carbocycles. The summed E-state index contributed by atoms with van der Waals surface area (Å²) in [5.41, 5.74) is 0.526. The number of carbonyl (C=O) groups is 2. The summed E-state index contributed by atoms with van der Waals surface area (Å²) in [5.74, 6) is -0.951. The quantitative estimate of drug-likeness (QED) is 0.869. The third-order valence-electron chi connectivity index (χ3n) is 2.93. The summed E-state index contributed by atoms with van der Waals surface area (Å²) in [6, 6.07) is 8.82. The Kier molecular flexibility index (Phi) is 5.55. The largest absolute Gasteiger partial charge is 0.481 e. The number of amides is 1. The monoisotopic (exact) mass is 279 g/mol. The van der Waals surface area contributed by atoms with Crippen LogP contribution in [0.5, 0.6) is 0 Å². The van der Waals surface area contributed by atoms with E-state index in [1.54, 1.807) is 0 Å². The average molecular weight is 279 g/mol. The van der Waals surface area contributed by atoms with Gasteiger partial charge in [-0.05, 0) is 11.0 Å². The molecule has 0 unspecified atom stereocenters. The number of ether oxygens (including phenoxy) is 1. The molecule has 5 heteroatoms. The van der Waals surface area contributed by atoms with Gasteiger partial charge in [-0.15, -0.1) is 0 Å². The first-order valence-electron chi connectivity index (χ1n) is 6.48. The number of carboxylic acid groups (broad SMARTS) is 1.